The van der Waals surface area contributed by atoms with Crippen LogP contribution >= 0.6 is 0 Å². The molecule has 2 N–H and O–H groups in total. The second-order valence-electron chi connectivity index (χ2n) is 5.71. The predicted molar refractivity (Wildman–Crippen MR) is 91.3 cm³/mol. The van der Waals surface area contributed by atoms with Crippen molar-refractivity contribution in [1.82, 2.24) is 9.88 Å². The second-order valence-corrected chi connectivity index (χ2v) is 5.71. The molecular formula is C19H20N2O2. The van der Waals surface area contributed by atoms with Crippen LogP contribution in [0.1, 0.15) is 21.6 Å². The third-order valence-corrected chi connectivity index (χ3v) is 3.88. The van der Waals surface area contributed by atoms with E-state index in [9.17, 15) is 9.90 Å². The first-order chi connectivity index (χ1) is 11.2. The molecule has 0 fully saturated rings. The molecule has 0 aliphatic rings. The molecule has 2 aromatic carbocycles. The summed E-state index contributed by atoms with van der Waals surface area (Å²) in [6.07, 6.45) is 0. The minimum Gasteiger partial charge on any atom is -0.395 e. The molecule has 4 heteroatoms. The molecule has 0 bridgehead atoms. The fraction of sp³-hybridized carbons (Fsp3) is 0.211. The molecule has 1 amide bonds. The van der Waals surface area contributed by atoms with Crippen LogP contribution in [-0.4, -0.2) is 34.0 Å². The van der Waals surface area contributed by atoms with Crippen LogP contribution in [0.25, 0.3) is 10.9 Å². The number of hydrogen-bond donors (Lipinski definition) is 2. The molecular weight excluding hydrogens is 288 g/mol. The van der Waals surface area contributed by atoms with E-state index in [1.165, 1.54) is 0 Å². The number of benzene rings is 2. The van der Waals surface area contributed by atoms with Gasteiger partial charge in [-0.3, -0.25) is 4.79 Å². The molecule has 1 heterocycles. The van der Waals surface area contributed by atoms with Gasteiger partial charge in [-0.1, -0.05) is 42.5 Å². The SMILES string of the molecule is Cc1ccc2cc(C(=O)N(CCO)Cc3ccccc3)[nH]c2c1. The number of aryl methyl sites for hydroxylation is 1. The van der Waals surface area contributed by atoms with Crippen molar-refractivity contribution < 1.29 is 9.90 Å². The van der Waals surface area contributed by atoms with Crippen molar-refractivity contribution in [2.45, 2.75) is 13.5 Å². The molecule has 3 aromatic rings. The fourth-order valence-electron chi connectivity index (χ4n) is 2.70. The van der Waals surface area contributed by atoms with E-state index in [-0.39, 0.29) is 12.5 Å². The van der Waals surface area contributed by atoms with Gasteiger partial charge in [0.05, 0.1) is 6.61 Å². The molecule has 0 saturated carbocycles. The molecule has 0 atom stereocenters. The maximum atomic E-state index is 12.8. The zero-order valence-electron chi connectivity index (χ0n) is 13.1. The Balaban J connectivity index is 1.87. The van der Waals surface area contributed by atoms with E-state index in [1.54, 1.807) is 4.90 Å². The summed E-state index contributed by atoms with van der Waals surface area (Å²) in [6, 6.07) is 17.7. The van der Waals surface area contributed by atoms with Gasteiger partial charge in [0.1, 0.15) is 5.69 Å². The van der Waals surface area contributed by atoms with Crippen molar-refractivity contribution in [1.29, 1.82) is 0 Å². The largest absolute Gasteiger partial charge is 0.395 e. The number of aromatic amines is 1. The number of hydrogen-bond acceptors (Lipinski definition) is 2. The lowest BCUT2D eigenvalue weighted by atomic mass is 10.2. The minimum atomic E-state index is -0.100. The van der Waals surface area contributed by atoms with E-state index in [2.05, 4.69) is 4.98 Å². The van der Waals surface area contributed by atoms with E-state index in [0.29, 0.717) is 18.8 Å². The summed E-state index contributed by atoms with van der Waals surface area (Å²) in [7, 11) is 0. The first-order valence-electron chi connectivity index (χ1n) is 7.71. The summed E-state index contributed by atoms with van der Waals surface area (Å²) < 4.78 is 0. The molecule has 3 rings (SSSR count). The van der Waals surface area contributed by atoms with Gasteiger partial charge in [-0.2, -0.15) is 0 Å². The van der Waals surface area contributed by atoms with Gasteiger partial charge < -0.3 is 15.0 Å². The Hall–Kier alpha value is -2.59. The Bertz CT molecular complexity index is 809. The highest BCUT2D eigenvalue weighted by Gasteiger charge is 2.17. The molecule has 0 aliphatic heterocycles. The molecule has 118 valence electrons. The quantitative estimate of drug-likeness (QED) is 0.761. The number of nitrogens with one attached hydrogen (secondary N) is 1. The summed E-state index contributed by atoms with van der Waals surface area (Å²) in [5, 5.41) is 10.3. The number of H-pyrrole nitrogens is 1. The van der Waals surface area contributed by atoms with Crippen LogP contribution < -0.4 is 0 Å². The summed E-state index contributed by atoms with van der Waals surface area (Å²) in [4.78, 5) is 17.6. The van der Waals surface area contributed by atoms with Crippen molar-refractivity contribution in [3.05, 3.63) is 71.4 Å². The van der Waals surface area contributed by atoms with Gasteiger partial charge in [0.15, 0.2) is 0 Å². The molecule has 23 heavy (non-hydrogen) atoms. The molecule has 1 aromatic heterocycles. The van der Waals surface area contributed by atoms with E-state index in [0.717, 1.165) is 22.0 Å². The molecule has 0 radical (unpaired) electrons. The summed E-state index contributed by atoms with van der Waals surface area (Å²) >= 11 is 0. The van der Waals surface area contributed by atoms with Crippen LogP contribution in [0.5, 0.6) is 0 Å². The van der Waals surface area contributed by atoms with Crippen molar-refractivity contribution in [2.75, 3.05) is 13.2 Å². The highest BCUT2D eigenvalue weighted by atomic mass is 16.3. The second kappa shape index (κ2) is 6.67. The van der Waals surface area contributed by atoms with Crippen LogP contribution in [0.3, 0.4) is 0 Å². The number of fused-ring (bicyclic) bond motifs is 1. The first-order valence-corrected chi connectivity index (χ1v) is 7.71. The van der Waals surface area contributed by atoms with Crippen LogP contribution in [-0.2, 0) is 6.54 Å². The van der Waals surface area contributed by atoms with Gasteiger partial charge >= 0.3 is 0 Å². The van der Waals surface area contributed by atoms with E-state index in [4.69, 9.17) is 0 Å². The number of aliphatic hydroxyl groups excluding tert-OH is 1. The highest BCUT2D eigenvalue weighted by Crippen LogP contribution is 2.18. The van der Waals surface area contributed by atoms with Crippen molar-refractivity contribution in [3.63, 3.8) is 0 Å². The lowest BCUT2D eigenvalue weighted by Gasteiger charge is -2.21. The number of aliphatic hydroxyl groups is 1. The summed E-state index contributed by atoms with van der Waals surface area (Å²) in [6.45, 7) is 2.75. The van der Waals surface area contributed by atoms with Gasteiger partial charge in [0, 0.05) is 24.0 Å². The Morgan fingerprint density at radius 1 is 1.13 bits per heavy atom. The minimum absolute atomic E-state index is 0.0576. The number of aromatic nitrogens is 1. The molecule has 0 unspecified atom stereocenters. The van der Waals surface area contributed by atoms with E-state index in [1.807, 2.05) is 61.5 Å². The number of amides is 1. The number of nitrogens with zero attached hydrogens (tertiary/aromatic N) is 1. The normalized spacial score (nSPS) is 10.9. The first kappa shape index (κ1) is 15.3. The molecule has 4 nitrogen and oxygen atoms in total. The molecule has 0 aliphatic carbocycles. The van der Waals surface area contributed by atoms with E-state index < -0.39 is 0 Å². The van der Waals surface area contributed by atoms with Gasteiger partial charge in [0.25, 0.3) is 5.91 Å². The summed E-state index contributed by atoms with van der Waals surface area (Å²) in [5.74, 6) is -0.100. The monoisotopic (exact) mass is 308 g/mol. The van der Waals surface area contributed by atoms with Crippen LogP contribution in [0, 0.1) is 6.92 Å². The van der Waals surface area contributed by atoms with Gasteiger partial charge in [0.2, 0.25) is 0 Å². The molecule has 0 saturated heterocycles. The lowest BCUT2D eigenvalue weighted by Crippen LogP contribution is -2.33. The van der Waals surface area contributed by atoms with Crippen molar-refractivity contribution in [3.8, 4) is 0 Å². The topological polar surface area (TPSA) is 56.3 Å². The highest BCUT2D eigenvalue weighted by molar-refractivity contribution is 5.98. The van der Waals surface area contributed by atoms with Crippen LogP contribution in [0.2, 0.25) is 0 Å². The Labute approximate surface area is 135 Å². The van der Waals surface area contributed by atoms with Gasteiger partial charge in [-0.15, -0.1) is 0 Å². The standard InChI is InChI=1S/C19H20N2O2/c1-14-7-8-16-12-18(20-17(16)11-14)19(23)21(9-10-22)13-15-5-3-2-4-6-15/h2-8,11-12,20,22H,9-10,13H2,1H3. The predicted octanol–water partition coefficient (Wildman–Crippen LogP) is 3.11. The Morgan fingerprint density at radius 3 is 2.65 bits per heavy atom. The van der Waals surface area contributed by atoms with Crippen LogP contribution in [0.15, 0.2) is 54.6 Å². The average Bonchev–Trinajstić information content (AvgIpc) is 2.98. The smallest absolute Gasteiger partial charge is 0.270 e. The Kier molecular flexibility index (Phi) is 4.44. The van der Waals surface area contributed by atoms with Crippen molar-refractivity contribution >= 4 is 16.8 Å². The van der Waals surface area contributed by atoms with E-state index >= 15 is 0 Å². The fourth-order valence-corrected chi connectivity index (χ4v) is 2.70. The average molecular weight is 308 g/mol. The number of carbonyl (C=O) groups is 1. The lowest BCUT2D eigenvalue weighted by molar-refractivity contribution is 0.0703. The Morgan fingerprint density at radius 2 is 1.91 bits per heavy atom. The summed E-state index contributed by atoms with van der Waals surface area (Å²) in [5.41, 5.74) is 3.70. The van der Waals surface area contributed by atoms with Crippen LogP contribution in [0.4, 0.5) is 0 Å². The zero-order chi connectivity index (χ0) is 16.2. The van der Waals surface area contributed by atoms with Gasteiger partial charge in [-0.05, 0) is 30.2 Å². The third kappa shape index (κ3) is 3.43. The van der Waals surface area contributed by atoms with Crippen molar-refractivity contribution in [2.24, 2.45) is 0 Å². The maximum Gasteiger partial charge on any atom is 0.270 e. The maximum absolute atomic E-state index is 12.8. The number of rotatable bonds is 5. The zero-order valence-corrected chi connectivity index (χ0v) is 13.1. The van der Waals surface area contributed by atoms with Gasteiger partial charge in [-0.25, -0.2) is 0 Å². The number of carbonyl (C=O) groups excluding carboxylic acids is 1. The molecule has 0 spiro atoms. The third-order valence-electron chi connectivity index (χ3n) is 3.88.